The summed E-state index contributed by atoms with van der Waals surface area (Å²) in [5.74, 6) is 0.743. The molecule has 4 saturated heterocycles. The number of amides is 2. The second-order valence-electron chi connectivity index (χ2n) is 7.85. The van der Waals surface area contributed by atoms with E-state index in [1.807, 2.05) is 25.7 Å². The second kappa shape index (κ2) is 5.27. The molecule has 4 rings (SSSR count). The van der Waals surface area contributed by atoms with E-state index in [1.165, 1.54) is 25.9 Å². The summed E-state index contributed by atoms with van der Waals surface area (Å²) in [5.41, 5.74) is -0.247. The highest BCUT2D eigenvalue weighted by Gasteiger charge is 2.44. The fourth-order valence-corrected chi connectivity index (χ4v) is 4.00. The van der Waals surface area contributed by atoms with Crippen LogP contribution < -0.4 is 5.32 Å². The molecule has 0 aromatic carbocycles. The topological polar surface area (TPSA) is 52.7 Å². The molecular formula is C16H27N3O2. The molecule has 2 unspecified atom stereocenters. The summed E-state index contributed by atoms with van der Waals surface area (Å²) in [6.07, 6.45) is 2.81. The third-order valence-corrected chi connectivity index (χ3v) is 5.30. The Bertz CT molecular complexity index is 435. The molecule has 4 aliphatic heterocycles. The summed E-state index contributed by atoms with van der Waals surface area (Å²) in [4.78, 5) is 29.5. The molecule has 2 amide bonds. The predicted octanol–water partition coefficient (Wildman–Crippen LogP) is 0.844. The maximum atomic E-state index is 13.0. The molecule has 4 fully saturated rings. The van der Waals surface area contributed by atoms with Gasteiger partial charge >= 0.3 is 0 Å². The third-order valence-electron chi connectivity index (χ3n) is 5.30. The van der Waals surface area contributed by atoms with Gasteiger partial charge in [-0.1, -0.05) is 20.8 Å². The first-order valence-corrected chi connectivity index (χ1v) is 8.18. The molecule has 0 aliphatic carbocycles. The number of carbonyl (C=O) groups is 2. The van der Waals surface area contributed by atoms with Crippen LogP contribution in [0.1, 0.15) is 40.0 Å². The van der Waals surface area contributed by atoms with Crippen molar-refractivity contribution in [3.05, 3.63) is 0 Å². The molecule has 1 N–H and O–H groups in total. The molecule has 5 nitrogen and oxygen atoms in total. The highest BCUT2D eigenvalue weighted by atomic mass is 16.2. The molecule has 0 aromatic heterocycles. The molecule has 21 heavy (non-hydrogen) atoms. The molecule has 4 aliphatic rings. The van der Waals surface area contributed by atoms with E-state index in [-0.39, 0.29) is 17.2 Å². The Balaban J connectivity index is 1.83. The van der Waals surface area contributed by atoms with Gasteiger partial charge in [-0.2, -0.15) is 0 Å². The van der Waals surface area contributed by atoms with Crippen LogP contribution in [-0.4, -0.2) is 59.9 Å². The third kappa shape index (κ3) is 2.80. The van der Waals surface area contributed by atoms with Crippen LogP contribution in [0.25, 0.3) is 0 Å². The van der Waals surface area contributed by atoms with Gasteiger partial charge in [-0.15, -0.1) is 0 Å². The zero-order valence-electron chi connectivity index (χ0n) is 13.4. The van der Waals surface area contributed by atoms with Gasteiger partial charge in [0.15, 0.2) is 0 Å². The number of fused-ring (bicyclic) bond motifs is 3. The molecule has 118 valence electrons. The van der Waals surface area contributed by atoms with Crippen molar-refractivity contribution in [2.75, 3.05) is 26.2 Å². The van der Waals surface area contributed by atoms with E-state index < -0.39 is 6.04 Å². The molecule has 2 atom stereocenters. The van der Waals surface area contributed by atoms with Crippen LogP contribution in [-0.2, 0) is 9.59 Å². The van der Waals surface area contributed by atoms with Crippen molar-refractivity contribution in [1.82, 2.24) is 15.1 Å². The Morgan fingerprint density at radius 2 is 1.76 bits per heavy atom. The molecule has 5 heteroatoms. The second-order valence-corrected chi connectivity index (χ2v) is 7.85. The SMILES string of the molecule is CC(C)(C)C1NC(=O)CCN(C2CN3CCC2CC3)C1=O. The number of rotatable bonds is 1. The van der Waals surface area contributed by atoms with E-state index in [0.29, 0.717) is 24.9 Å². The molecule has 0 spiro atoms. The van der Waals surface area contributed by atoms with Crippen LogP contribution in [0.15, 0.2) is 0 Å². The highest BCUT2D eigenvalue weighted by Crippen LogP contribution is 2.33. The predicted molar refractivity (Wildman–Crippen MR) is 80.7 cm³/mol. The largest absolute Gasteiger partial charge is 0.344 e. The monoisotopic (exact) mass is 293 g/mol. The van der Waals surface area contributed by atoms with Gasteiger partial charge in [0.1, 0.15) is 6.04 Å². The number of hydrogen-bond acceptors (Lipinski definition) is 3. The average molecular weight is 293 g/mol. The minimum Gasteiger partial charge on any atom is -0.344 e. The lowest BCUT2D eigenvalue weighted by Crippen LogP contribution is -2.61. The van der Waals surface area contributed by atoms with E-state index in [1.54, 1.807) is 0 Å². The van der Waals surface area contributed by atoms with Gasteiger partial charge in [0.2, 0.25) is 11.8 Å². The number of nitrogens with zero attached hydrogens (tertiary/aromatic N) is 2. The van der Waals surface area contributed by atoms with E-state index in [9.17, 15) is 9.59 Å². The fraction of sp³-hybridized carbons (Fsp3) is 0.875. The van der Waals surface area contributed by atoms with Crippen LogP contribution in [0.2, 0.25) is 0 Å². The first kappa shape index (κ1) is 14.8. The molecular weight excluding hydrogens is 266 g/mol. The van der Waals surface area contributed by atoms with Gasteiger partial charge in [-0.05, 0) is 37.3 Å². The van der Waals surface area contributed by atoms with Gasteiger partial charge in [0.25, 0.3) is 0 Å². The van der Waals surface area contributed by atoms with Crippen molar-refractivity contribution in [3.8, 4) is 0 Å². The van der Waals surface area contributed by atoms with Gasteiger partial charge in [-0.3, -0.25) is 9.59 Å². The van der Waals surface area contributed by atoms with Crippen molar-refractivity contribution in [2.45, 2.75) is 52.1 Å². The van der Waals surface area contributed by atoms with E-state index in [4.69, 9.17) is 0 Å². The maximum absolute atomic E-state index is 13.0. The zero-order chi connectivity index (χ0) is 15.2. The quantitative estimate of drug-likeness (QED) is 0.779. The minimum absolute atomic E-state index is 0.00653. The lowest BCUT2D eigenvalue weighted by Gasteiger charge is -2.49. The van der Waals surface area contributed by atoms with Crippen LogP contribution in [0.3, 0.4) is 0 Å². The molecule has 2 bridgehead atoms. The van der Waals surface area contributed by atoms with Crippen LogP contribution in [0.4, 0.5) is 0 Å². The van der Waals surface area contributed by atoms with Gasteiger partial charge in [0.05, 0.1) is 0 Å². The Labute approximate surface area is 127 Å². The van der Waals surface area contributed by atoms with Crippen molar-refractivity contribution < 1.29 is 9.59 Å². The summed E-state index contributed by atoms with van der Waals surface area (Å²) in [6, 6.07) is -0.0968. The van der Waals surface area contributed by atoms with Crippen LogP contribution in [0, 0.1) is 11.3 Å². The first-order valence-electron chi connectivity index (χ1n) is 8.18. The van der Waals surface area contributed by atoms with Crippen LogP contribution in [0.5, 0.6) is 0 Å². The van der Waals surface area contributed by atoms with E-state index in [2.05, 4.69) is 10.2 Å². The van der Waals surface area contributed by atoms with E-state index >= 15 is 0 Å². The Kier molecular flexibility index (Phi) is 3.72. The lowest BCUT2D eigenvalue weighted by molar-refractivity contribution is -0.142. The minimum atomic E-state index is -0.400. The van der Waals surface area contributed by atoms with Gasteiger partial charge in [0, 0.05) is 25.6 Å². The van der Waals surface area contributed by atoms with Crippen molar-refractivity contribution >= 4 is 11.8 Å². The fourth-order valence-electron chi connectivity index (χ4n) is 4.00. The lowest BCUT2D eigenvalue weighted by atomic mass is 9.81. The Morgan fingerprint density at radius 3 is 2.29 bits per heavy atom. The van der Waals surface area contributed by atoms with Crippen molar-refractivity contribution in [1.29, 1.82) is 0 Å². The van der Waals surface area contributed by atoms with Gasteiger partial charge < -0.3 is 15.1 Å². The van der Waals surface area contributed by atoms with Crippen molar-refractivity contribution in [3.63, 3.8) is 0 Å². The summed E-state index contributed by atoms with van der Waals surface area (Å²) in [7, 11) is 0. The van der Waals surface area contributed by atoms with E-state index in [0.717, 1.165) is 6.54 Å². The summed E-state index contributed by atoms with van der Waals surface area (Å²) < 4.78 is 0. The Hall–Kier alpha value is -1.10. The Morgan fingerprint density at radius 1 is 1.10 bits per heavy atom. The van der Waals surface area contributed by atoms with Crippen molar-refractivity contribution in [2.24, 2.45) is 11.3 Å². The maximum Gasteiger partial charge on any atom is 0.246 e. The average Bonchev–Trinajstić information content (AvgIpc) is 2.59. The first-order chi connectivity index (χ1) is 9.86. The summed E-state index contributed by atoms with van der Waals surface area (Å²) in [6.45, 7) is 9.97. The molecule has 0 saturated carbocycles. The molecule has 4 heterocycles. The molecule has 0 radical (unpaired) electrons. The zero-order valence-corrected chi connectivity index (χ0v) is 13.4. The number of carbonyl (C=O) groups excluding carboxylic acids is 2. The summed E-state index contributed by atoms with van der Waals surface area (Å²) >= 11 is 0. The number of hydrogen-bond donors (Lipinski definition) is 1. The molecule has 0 aromatic rings. The normalized spacial score (nSPS) is 37.4. The number of piperidine rings is 3. The number of nitrogens with one attached hydrogen (secondary N) is 1. The van der Waals surface area contributed by atoms with Gasteiger partial charge in [-0.25, -0.2) is 0 Å². The highest BCUT2D eigenvalue weighted by molar-refractivity contribution is 5.90. The smallest absolute Gasteiger partial charge is 0.246 e. The standard InChI is InChI=1S/C16H27N3O2/c1-16(2,3)14-15(21)19(9-6-13(20)17-14)12-10-18-7-4-11(12)5-8-18/h11-12,14H,4-10H2,1-3H3,(H,17,20). The summed E-state index contributed by atoms with van der Waals surface area (Å²) in [5, 5.41) is 2.94. The van der Waals surface area contributed by atoms with Crippen LogP contribution >= 0.6 is 0 Å².